The number of aryl methyl sites for hydroxylation is 2. The van der Waals surface area contributed by atoms with Crippen molar-refractivity contribution in [3.8, 4) is 17.5 Å². The minimum Gasteiger partial charge on any atom is -0.497 e. The molecule has 0 aliphatic heterocycles. The lowest BCUT2D eigenvalue weighted by atomic mass is 10.2. The van der Waals surface area contributed by atoms with Gasteiger partial charge in [0.25, 0.3) is 0 Å². The van der Waals surface area contributed by atoms with Crippen LogP contribution >= 0.6 is 0 Å². The predicted molar refractivity (Wildman–Crippen MR) is 102 cm³/mol. The Kier molecular flexibility index (Phi) is 4.68. The van der Waals surface area contributed by atoms with Gasteiger partial charge < -0.3 is 13.7 Å². The monoisotopic (exact) mass is 347 g/mol. The second kappa shape index (κ2) is 6.93. The maximum Gasteiger partial charge on any atom is 0.237 e. The molecule has 0 radical (unpaired) electrons. The van der Waals surface area contributed by atoms with Gasteiger partial charge in [0, 0.05) is 34.4 Å². The molecule has 0 aliphatic rings. The molecule has 0 amide bonds. The molecule has 0 fully saturated rings. The Labute approximate surface area is 153 Å². The SMILES string of the molecule is COc1ccc(-n2c(C)cc(C=Nc3oc(C)c(C)c3C#N)c2C)cc1. The lowest BCUT2D eigenvalue weighted by molar-refractivity contribution is 0.414. The van der Waals surface area contributed by atoms with Crippen molar-refractivity contribution in [2.75, 3.05) is 7.11 Å². The van der Waals surface area contributed by atoms with Crippen LogP contribution in [0.2, 0.25) is 0 Å². The minimum atomic E-state index is 0.358. The number of aliphatic imine (C=N–C) groups is 1. The summed E-state index contributed by atoms with van der Waals surface area (Å²) in [6.45, 7) is 7.80. The fourth-order valence-corrected chi connectivity index (χ4v) is 3.01. The molecule has 132 valence electrons. The second-order valence-corrected chi connectivity index (χ2v) is 6.19. The third kappa shape index (κ3) is 3.02. The molecule has 1 aromatic carbocycles. The van der Waals surface area contributed by atoms with Crippen LogP contribution in [0.4, 0.5) is 5.88 Å². The minimum absolute atomic E-state index is 0.358. The van der Waals surface area contributed by atoms with Crippen molar-refractivity contribution in [1.29, 1.82) is 5.26 Å². The van der Waals surface area contributed by atoms with E-state index >= 15 is 0 Å². The molecule has 26 heavy (non-hydrogen) atoms. The molecule has 0 saturated carbocycles. The number of furan rings is 1. The summed E-state index contributed by atoms with van der Waals surface area (Å²) in [6.07, 6.45) is 1.75. The van der Waals surface area contributed by atoms with E-state index in [0.717, 1.165) is 39.7 Å². The summed E-state index contributed by atoms with van der Waals surface area (Å²) in [5, 5.41) is 9.31. The van der Waals surface area contributed by atoms with Crippen LogP contribution in [0.5, 0.6) is 5.75 Å². The zero-order valence-electron chi connectivity index (χ0n) is 15.6. The van der Waals surface area contributed by atoms with Crippen molar-refractivity contribution < 1.29 is 9.15 Å². The summed E-state index contributed by atoms with van der Waals surface area (Å²) >= 11 is 0. The highest BCUT2D eigenvalue weighted by molar-refractivity contribution is 5.84. The Morgan fingerprint density at radius 3 is 2.46 bits per heavy atom. The average molecular weight is 347 g/mol. The summed E-state index contributed by atoms with van der Waals surface area (Å²) in [6, 6.07) is 12.2. The number of hydrogen-bond donors (Lipinski definition) is 0. The largest absolute Gasteiger partial charge is 0.497 e. The van der Waals surface area contributed by atoms with Crippen LogP contribution in [0.15, 0.2) is 39.7 Å². The molecule has 3 rings (SSSR count). The van der Waals surface area contributed by atoms with Crippen molar-refractivity contribution in [2.24, 2.45) is 4.99 Å². The average Bonchev–Trinajstić information content (AvgIpc) is 3.08. The van der Waals surface area contributed by atoms with E-state index in [1.807, 2.05) is 45.0 Å². The standard InChI is InChI=1S/C21H21N3O2/c1-13-10-17(12-23-21-20(11-22)14(2)16(4)26-21)15(3)24(13)18-6-8-19(25-5)9-7-18/h6-10,12H,1-5H3. The van der Waals surface area contributed by atoms with E-state index < -0.39 is 0 Å². The van der Waals surface area contributed by atoms with E-state index in [1.165, 1.54) is 0 Å². The molecular weight excluding hydrogens is 326 g/mol. The summed E-state index contributed by atoms with van der Waals surface area (Å²) in [5.74, 6) is 1.90. The third-order valence-corrected chi connectivity index (χ3v) is 4.60. The smallest absolute Gasteiger partial charge is 0.237 e. The van der Waals surface area contributed by atoms with Gasteiger partial charge in [0.05, 0.1) is 7.11 Å². The first-order valence-electron chi connectivity index (χ1n) is 8.33. The normalized spacial score (nSPS) is 11.1. The fourth-order valence-electron chi connectivity index (χ4n) is 3.01. The van der Waals surface area contributed by atoms with Crippen molar-refractivity contribution in [2.45, 2.75) is 27.7 Å². The van der Waals surface area contributed by atoms with Gasteiger partial charge in [-0.1, -0.05) is 0 Å². The van der Waals surface area contributed by atoms with Crippen LogP contribution < -0.4 is 4.74 Å². The van der Waals surface area contributed by atoms with Crippen LogP contribution in [0.1, 0.15) is 33.8 Å². The van der Waals surface area contributed by atoms with Gasteiger partial charge >= 0.3 is 0 Å². The van der Waals surface area contributed by atoms with Crippen LogP contribution in [-0.4, -0.2) is 17.9 Å². The van der Waals surface area contributed by atoms with Crippen molar-refractivity contribution in [3.63, 3.8) is 0 Å². The Balaban J connectivity index is 1.98. The molecule has 0 atom stereocenters. The summed E-state index contributed by atoms with van der Waals surface area (Å²) in [4.78, 5) is 4.42. The first-order chi connectivity index (χ1) is 12.5. The van der Waals surface area contributed by atoms with Gasteiger partial charge in [-0.25, -0.2) is 4.99 Å². The van der Waals surface area contributed by atoms with Crippen molar-refractivity contribution in [3.05, 3.63) is 64.2 Å². The molecule has 2 heterocycles. The zero-order valence-corrected chi connectivity index (χ0v) is 15.6. The van der Waals surface area contributed by atoms with E-state index in [1.54, 1.807) is 13.3 Å². The number of benzene rings is 1. The second-order valence-electron chi connectivity index (χ2n) is 6.19. The maximum atomic E-state index is 9.31. The number of nitriles is 1. The Bertz CT molecular complexity index is 1020. The van der Waals surface area contributed by atoms with Crippen LogP contribution in [0.25, 0.3) is 5.69 Å². The van der Waals surface area contributed by atoms with Gasteiger partial charge in [-0.3, -0.25) is 0 Å². The van der Waals surface area contributed by atoms with Crippen LogP contribution in [-0.2, 0) is 0 Å². The number of hydrogen-bond acceptors (Lipinski definition) is 4. The number of nitrogens with zero attached hydrogens (tertiary/aromatic N) is 3. The molecule has 0 N–H and O–H groups in total. The molecule has 0 spiro atoms. The Hall–Kier alpha value is -3.26. The van der Waals surface area contributed by atoms with Gasteiger partial charge in [0.15, 0.2) is 0 Å². The van der Waals surface area contributed by atoms with Gasteiger partial charge in [0.2, 0.25) is 5.88 Å². The number of methoxy groups -OCH3 is 1. The van der Waals surface area contributed by atoms with Gasteiger partial charge in [-0.05, 0) is 58.0 Å². The van der Waals surface area contributed by atoms with E-state index in [9.17, 15) is 5.26 Å². The van der Waals surface area contributed by atoms with E-state index in [-0.39, 0.29) is 0 Å². The molecule has 0 saturated heterocycles. The maximum absolute atomic E-state index is 9.31. The summed E-state index contributed by atoms with van der Waals surface area (Å²) in [5.41, 5.74) is 5.53. The Morgan fingerprint density at radius 2 is 1.85 bits per heavy atom. The molecule has 0 unspecified atom stereocenters. The predicted octanol–water partition coefficient (Wildman–Crippen LogP) is 4.93. The molecule has 3 aromatic rings. The van der Waals surface area contributed by atoms with E-state index in [2.05, 4.69) is 28.6 Å². The van der Waals surface area contributed by atoms with Crippen LogP contribution in [0.3, 0.4) is 0 Å². The lowest BCUT2D eigenvalue weighted by Gasteiger charge is -2.10. The Morgan fingerprint density at radius 1 is 1.15 bits per heavy atom. The number of rotatable bonds is 4. The quantitative estimate of drug-likeness (QED) is 0.628. The van der Waals surface area contributed by atoms with Gasteiger partial charge in [-0.15, -0.1) is 0 Å². The topological polar surface area (TPSA) is 63.4 Å². The lowest BCUT2D eigenvalue weighted by Crippen LogP contribution is -1.99. The molecule has 2 aromatic heterocycles. The van der Waals surface area contributed by atoms with Gasteiger partial charge in [-0.2, -0.15) is 5.26 Å². The molecule has 5 nitrogen and oxygen atoms in total. The highest BCUT2D eigenvalue weighted by atomic mass is 16.5. The van der Waals surface area contributed by atoms with Gasteiger partial charge in [0.1, 0.15) is 23.1 Å². The van der Waals surface area contributed by atoms with E-state index in [0.29, 0.717) is 11.4 Å². The molecular formula is C21H21N3O2. The molecule has 5 heteroatoms. The molecule has 0 aliphatic carbocycles. The highest BCUT2D eigenvalue weighted by Gasteiger charge is 2.14. The van der Waals surface area contributed by atoms with Crippen molar-refractivity contribution >= 4 is 12.1 Å². The first kappa shape index (κ1) is 17.6. The van der Waals surface area contributed by atoms with Crippen molar-refractivity contribution in [1.82, 2.24) is 4.57 Å². The summed E-state index contributed by atoms with van der Waals surface area (Å²) in [7, 11) is 1.66. The first-order valence-corrected chi connectivity index (χ1v) is 8.33. The third-order valence-electron chi connectivity index (χ3n) is 4.60. The molecule has 0 bridgehead atoms. The summed E-state index contributed by atoms with van der Waals surface area (Å²) < 4.78 is 13.0. The van der Waals surface area contributed by atoms with E-state index in [4.69, 9.17) is 9.15 Å². The zero-order chi connectivity index (χ0) is 18.8. The number of ether oxygens (including phenoxy) is 1. The van der Waals surface area contributed by atoms with Crippen LogP contribution in [0, 0.1) is 39.0 Å². The highest BCUT2D eigenvalue weighted by Crippen LogP contribution is 2.28. The fraction of sp³-hybridized carbons (Fsp3) is 0.238. The number of aromatic nitrogens is 1.